The molecule has 2 N–H and O–H groups in total. The van der Waals surface area contributed by atoms with Gasteiger partial charge in [-0.25, -0.2) is 4.98 Å². The summed E-state index contributed by atoms with van der Waals surface area (Å²) in [6, 6.07) is 13.4. The van der Waals surface area contributed by atoms with E-state index in [1.807, 2.05) is 42.5 Å². The van der Waals surface area contributed by atoms with Crippen molar-refractivity contribution in [2.24, 2.45) is 0 Å². The van der Waals surface area contributed by atoms with Gasteiger partial charge in [0.15, 0.2) is 0 Å². The molecule has 0 aliphatic rings. The van der Waals surface area contributed by atoms with Gasteiger partial charge in [0, 0.05) is 16.1 Å². The fourth-order valence-corrected chi connectivity index (χ4v) is 2.70. The van der Waals surface area contributed by atoms with Crippen LogP contribution in [-0.2, 0) is 11.3 Å². The summed E-state index contributed by atoms with van der Waals surface area (Å²) in [7, 11) is 1.60. The number of hydrogen-bond acceptors (Lipinski definition) is 3. The number of imidazole rings is 1. The van der Waals surface area contributed by atoms with E-state index in [4.69, 9.17) is 4.74 Å². The van der Waals surface area contributed by atoms with Gasteiger partial charge >= 0.3 is 0 Å². The van der Waals surface area contributed by atoms with E-state index < -0.39 is 0 Å². The molecule has 0 saturated heterocycles. The lowest BCUT2D eigenvalue weighted by molar-refractivity contribution is -0.116. The first-order valence-electron chi connectivity index (χ1n) is 7.39. The summed E-state index contributed by atoms with van der Waals surface area (Å²) < 4.78 is 6.20. The minimum absolute atomic E-state index is 0.197. The molecule has 24 heavy (non-hydrogen) atoms. The van der Waals surface area contributed by atoms with E-state index in [-0.39, 0.29) is 5.91 Å². The number of fused-ring (bicyclic) bond motifs is 1. The fourth-order valence-electron chi connectivity index (χ4n) is 2.32. The Hall–Kier alpha value is -2.60. The van der Waals surface area contributed by atoms with Gasteiger partial charge in [0.05, 0.1) is 24.7 Å². The molecule has 1 aromatic heterocycles. The van der Waals surface area contributed by atoms with Crippen LogP contribution in [0, 0.1) is 0 Å². The number of ether oxygens (including phenoxy) is 1. The fraction of sp³-hybridized carbons (Fsp3) is 0.111. The van der Waals surface area contributed by atoms with Crippen molar-refractivity contribution >= 4 is 38.9 Å². The zero-order valence-corrected chi connectivity index (χ0v) is 14.6. The molecule has 0 aliphatic carbocycles. The summed E-state index contributed by atoms with van der Waals surface area (Å²) in [6.07, 6.45) is 3.20. The van der Waals surface area contributed by atoms with Gasteiger partial charge in [0.1, 0.15) is 11.6 Å². The summed E-state index contributed by atoms with van der Waals surface area (Å²) in [5, 5.41) is 2.81. The minimum atomic E-state index is -0.197. The van der Waals surface area contributed by atoms with E-state index >= 15 is 0 Å². The number of para-hydroxylation sites is 2. The van der Waals surface area contributed by atoms with Crippen molar-refractivity contribution in [3.63, 3.8) is 0 Å². The largest absolute Gasteiger partial charge is 0.496 e. The lowest BCUT2D eigenvalue weighted by Crippen LogP contribution is -2.20. The number of rotatable bonds is 5. The molecule has 1 heterocycles. The predicted octanol–water partition coefficient (Wildman–Crippen LogP) is 3.66. The first kappa shape index (κ1) is 16.3. The normalized spacial score (nSPS) is 11.1. The van der Waals surface area contributed by atoms with E-state index in [0.29, 0.717) is 12.3 Å². The third kappa shape index (κ3) is 3.83. The molecule has 0 spiro atoms. The number of halogens is 1. The SMILES string of the molecule is COc1ccc(Br)cc1/C=C/C(=O)NCc1nc2ccccc2[nH]1. The molecular weight excluding hydrogens is 370 g/mol. The number of H-pyrrole nitrogens is 1. The highest BCUT2D eigenvalue weighted by molar-refractivity contribution is 9.10. The highest BCUT2D eigenvalue weighted by Crippen LogP contribution is 2.24. The van der Waals surface area contributed by atoms with Crippen LogP contribution in [0.3, 0.4) is 0 Å². The van der Waals surface area contributed by atoms with E-state index in [0.717, 1.165) is 26.9 Å². The highest BCUT2D eigenvalue weighted by atomic mass is 79.9. The first-order valence-corrected chi connectivity index (χ1v) is 8.18. The standard InChI is InChI=1S/C18H16BrN3O2/c1-24-16-8-7-13(19)10-12(16)6-9-18(23)20-11-17-21-14-4-2-3-5-15(14)22-17/h2-10H,11H2,1H3,(H,20,23)(H,21,22)/b9-6+. The summed E-state index contributed by atoms with van der Waals surface area (Å²) in [4.78, 5) is 19.6. The van der Waals surface area contributed by atoms with Crippen LogP contribution in [0.4, 0.5) is 0 Å². The smallest absolute Gasteiger partial charge is 0.244 e. The van der Waals surface area contributed by atoms with Crippen molar-refractivity contribution in [2.75, 3.05) is 7.11 Å². The monoisotopic (exact) mass is 385 g/mol. The average molecular weight is 386 g/mol. The van der Waals surface area contributed by atoms with Crippen LogP contribution < -0.4 is 10.1 Å². The van der Waals surface area contributed by atoms with Crippen molar-refractivity contribution < 1.29 is 9.53 Å². The molecule has 2 aromatic carbocycles. The molecule has 122 valence electrons. The molecule has 5 nitrogen and oxygen atoms in total. The first-order chi connectivity index (χ1) is 11.7. The number of aromatic nitrogens is 2. The number of methoxy groups -OCH3 is 1. The molecule has 3 rings (SSSR count). The van der Waals surface area contributed by atoms with Gasteiger partial charge in [0.25, 0.3) is 0 Å². The molecule has 1 amide bonds. The summed E-state index contributed by atoms with van der Waals surface area (Å²) in [5.41, 5.74) is 2.66. The Bertz CT molecular complexity index is 869. The number of amides is 1. The second kappa shape index (κ2) is 7.31. The zero-order chi connectivity index (χ0) is 16.9. The Morgan fingerprint density at radius 2 is 2.17 bits per heavy atom. The number of nitrogens with one attached hydrogen (secondary N) is 2. The Morgan fingerprint density at radius 1 is 1.33 bits per heavy atom. The highest BCUT2D eigenvalue weighted by Gasteiger charge is 2.04. The second-order valence-electron chi connectivity index (χ2n) is 5.14. The van der Waals surface area contributed by atoms with Gasteiger partial charge in [-0.2, -0.15) is 0 Å². The second-order valence-corrected chi connectivity index (χ2v) is 6.05. The van der Waals surface area contributed by atoms with Gasteiger partial charge in [-0.05, 0) is 36.4 Å². The molecule has 0 saturated carbocycles. The molecular formula is C18H16BrN3O2. The van der Waals surface area contributed by atoms with Crippen molar-refractivity contribution in [3.8, 4) is 5.75 Å². The maximum Gasteiger partial charge on any atom is 0.244 e. The van der Waals surface area contributed by atoms with E-state index in [1.54, 1.807) is 13.2 Å². The number of hydrogen-bond donors (Lipinski definition) is 2. The van der Waals surface area contributed by atoms with Crippen LogP contribution in [0.5, 0.6) is 5.75 Å². The lowest BCUT2D eigenvalue weighted by Gasteiger charge is -2.05. The van der Waals surface area contributed by atoms with Gasteiger partial charge < -0.3 is 15.0 Å². The predicted molar refractivity (Wildman–Crippen MR) is 97.7 cm³/mol. The van der Waals surface area contributed by atoms with Crippen molar-refractivity contribution in [2.45, 2.75) is 6.54 Å². The summed E-state index contributed by atoms with van der Waals surface area (Å²) >= 11 is 3.41. The Kier molecular flexibility index (Phi) is 4.96. The maximum absolute atomic E-state index is 12.0. The van der Waals surface area contributed by atoms with Crippen molar-refractivity contribution in [1.29, 1.82) is 0 Å². The number of carbonyl (C=O) groups excluding carboxylic acids is 1. The summed E-state index contributed by atoms with van der Waals surface area (Å²) in [6.45, 7) is 0.341. The number of nitrogens with zero attached hydrogens (tertiary/aromatic N) is 1. The molecule has 0 radical (unpaired) electrons. The Labute approximate surface area is 147 Å². The van der Waals surface area contributed by atoms with Crippen LogP contribution in [0.15, 0.2) is 53.0 Å². The molecule has 6 heteroatoms. The van der Waals surface area contributed by atoms with Crippen LogP contribution in [-0.4, -0.2) is 23.0 Å². The number of benzene rings is 2. The minimum Gasteiger partial charge on any atom is -0.496 e. The Balaban J connectivity index is 1.64. The van der Waals surface area contributed by atoms with Crippen LogP contribution >= 0.6 is 15.9 Å². The Morgan fingerprint density at radius 3 is 2.96 bits per heavy atom. The van der Waals surface area contributed by atoms with Gasteiger partial charge in [-0.15, -0.1) is 0 Å². The van der Waals surface area contributed by atoms with Crippen LogP contribution in [0.2, 0.25) is 0 Å². The van der Waals surface area contributed by atoms with Gasteiger partial charge in [0.2, 0.25) is 5.91 Å². The summed E-state index contributed by atoms with van der Waals surface area (Å²) in [5.74, 6) is 1.23. The van der Waals surface area contributed by atoms with E-state index in [1.165, 1.54) is 6.08 Å². The van der Waals surface area contributed by atoms with Crippen LogP contribution in [0.25, 0.3) is 17.1 Å². The molecule has 3 aromatic rings. The number of carbonyl (C=O) groups is 1. The third-order valence-electron chi connectivity index (χ3n) is 3.47. The number of aromatic amines is 1. The molecule has 0 bridgehead atoms. The quantitative estimate of drug-likeness (QED) is 0.658. The molecule has 0 unspecified atom stereocenters. The molecule has 0 aliphatic heterocycles. The third-order valence-corrected chi connectivity index (χ3v) is 3.97. The van der Waals surface area contributed by atoms with Gasteiger partial charge in [-0.1, -0.05) is 28.1 Å². The maximum atomic E-state index is 12.0. The van der Waals surface area contributed by atoms with E-state index in [9.17, 15) is 4.79 Å². The van der Waals surface area contributed by atoms with Crippen molar-refractivity contribution in [1.82, 2.24) is 15.3 Å². The zero-order valence-electron chi connectivity index (χ0n) is 13.0. The molecule has 0 fully saturated rings. The van der Waals surface area contributed by atoms with Crippen molar-refractivity contribution in [3.05, 3.63) is 64.4 Å². The lowest BCUT2D eigenvalue weighted by atomic mass is 10.2. The average Bonchev–Trinajstić information content (AvgIpc) is 3.01. The molecule has 0 atom stereocenters. The van der Waals surface area contributed by atoms with E-state index in [2.05, 4.69) is 31.2 Å². The van der Waals surface area contributed by atoms with Gasteiger partial charge in [-0.3, -0.25) is 4.79 Å². The topological polar surface area (TPSA) is 67.0 Å². The van der Waals surface area contributed by atoms with Crippen LogP contribution in [0.1, 0.15) is 11.4 Å².